The van der Waals surface area contributed by atoms with Crippen molar-refractivity contribution in [1.29, 1.82) is 0 Å². The maximum atomic E-state index is 6.48. The van der Waals surface area contributed by atoms with Gasteiger partial charge in [-0.25, -0.2) is 0 Å². The van der Waals surface area contributed by atoms with Crippen molar-refractivity contribution in [3.63, 3.8) is 0 Å². The van der Waals surface area contributed by atoms with Crippen LogP contribution in [0.2, 0.25) is 18.1 Å². The van der Waals surface area contributed by atoms with E-state index in [4.69, 9.17) is 4.43 Å². The van der Waals surface area contributed by atoms with Crippen LogP contribution in [0.5, 0.6) is 0 Å². The first-order valence-corrected chi connectivity index (χ1v) is 10.5. The first-order valence-electron chi connectivity index (χ1n) is 6.35. The molecule has 0 N–H and O–H groups in total. The lowest BCUT2D eigenvalue weighted by atomic mass is 9.89. The number of hydrogen-bond acceptors (Lipinski definition) is 1. The molecule has 0 heterocycles. The van der Waals surface area contributed by atoms with Crippen molar-refractivity contribution in [3.8, 4) is 0 Å². The van der Waals surface area contributed by atoms with E-state index < -0.39 is 8.32 Å². The van der Waals surface area contributed by atoms with Crippen molar-refractivity contribution in [2.75, 3.05) is 0 Å². The maximum Gasteiger partial charge on any atom is 0.192 e. The summed E-state index contributed by atoms with van der Waals surface area (Å²) >= 11 is 2.32. The summed E-state index contributed by atoms with van der Waals surface area (Å²) in [5.74, 6) is 0. The van der Waals surface area contributed by atoms with Crippen molar-refractivity contribution < 1.29 is 4.43 Å². The van der Waals surface area contributed by atoms with Crippen molar-refractivity contribution in [2.45, 2.75) is 64.3 Å². The smallest absolute Gasteiger partial charge is 0.192 e. The van der Waals surface area contributed by atoms with Crippen LogP contribution in [0.1, 0.15) is 40.0 Å². The van der Waals surface area contributed by atoms with E-state index in [-0.39, 0.29) is 11.1 Å². The summed E-state index contributed by atoms with van der Waals surface area (Å²) in [4.78, 5) is 0. The highest BCUT2D eigenvalue weighted by Crippen LogP contribution is 2.40. The Morgan fingerprint density at radius 2 is 2.00 bits per heavy atom. The molecule has 1 saturated carbocycles. The predicted molar refractivity (Wildman–Crippen MR) is 87.2 cm³/mol. The Balaban J connectivity index is 2.78. The Morgan fingerprint density at radius 3 is 2.47 bits per heavy atom. The van der Waals surface area contributed by atoms with E-state index in [1.54, 1.807) is 0 Å². The van der Waals surface area contributed by atoms with E-state index >= 15 is 0 Å². The molecule has 0 bridgehead atoms. The molecule has 0 aromatic heterocycles. The fourth-order valence-electron chi connectivity index (χ4n) is 1.81. The van der Waals surface area contributed by atoms with Gasteiger partial charge in [0.25, 0.3) is 0 Å². The van der Waals surface area contributed by atoms with E-state index in [0.717, 1.165) is 6.42 Å². The number of rotatable bonds is 2. The summed E-state index contributed by atoms with van der Waals surface area (Å²) in [6.45, 7) is 15.8. The second-order valence-corrected chi connectivity index (χ2v) is 11.8. The molecule has 1 fully saturated rings. The molecule has 17 heavy (non-hydrogen) atoms. The number of halogens is 1. The molecule has 0 amide bonds. The van der Waals surface area contributed by atoms with E-state index in [1.165, 1.54) is 24.0 Å². The molecule has 0 radical (unpaired) electrons. The van der Waals surface area contributed by atoms with Crippen molar-refractivity contribution in [2.24, 2.45) is 0 Å². The van der Waals surface area contributed by atoms with Crippen molar-refractivity contribution in [1.82, 2.24) is 0 Å². The quantitative estimate of drug-likeness (QED) is 0.469. The molecule has 98 valence electrons. The third-order valence-electron chi connectivity index (χ3n) is 4.09. The summed E-state index contributed by atoms with van der Waals surface area (Å²) in [6.07, 6.45) is 3.79. The van der Waals surface area contributed by atoms with Gasteiger partial charge < -0.3 is 4.43 Å². The molecule has 0 unspecified atom stereocenters. The summed E-state index contributed by atoms with van der Waals surface area (Å²) in [7, 11) is -1.67. The van der Waals surface area contributed by atoms with Crippen LogP contribution in [0, 0.1) is 0 Å². The molecule has 0 aromatic rings. The molecule has 0 saturated heterocycles. The van der Waals surface area contributed by atoms with E-state index in [1.807, 2.05) is 0 Å². The van der Waals surface area contributed by atoms with Gasteiger partial charge in [-0.1, -0.05) is 49.9 Å². The Kier molecular flexibility index (Phi) is 5.06. The molecule has 1 nitrogen and oxygen atoms in total. The fourth-order valence-corrected chi connectivity index (χ4v) is 3.84. The second-order valence-electron chi connectivity index (χ2n) is 6.42. The van der Waals surface area contributed by atoms with Crippen molar-refractivity contribution >= 4 is 30.9 Å². The normalized spacial score (nSPS) is 25.4. The third-order valence-corrected chi connectivity index (χ3v) is 9.33. The number of hydrogen-bond donors (Lipinski definition) is 0. The minimum absolute atomic E-state index is 0.255. The average Bonchev–Trinajstić information content (AvgIpc) is 2.19. The van der Waals surface area contributed by atoms with E-state index in [9.17, 15) is 0 Å². The zero-order valence-corrected chi connectivity index (χ0v) is 14.9. The molecule has 0 spiro atoms. The minimum atomic E-state index is -1.67. The first kappa shape index (κ1) is 15.4. The summed E-state index contributed by atoms with van der Waals surface area (Å²) in [5, 5.41) is 0.277. The van der Waals surface area contributed by atoms with Gasteiger partial charge in [-0.05, 0) is 52.6 Å². The van der Waals surface area contributed by atoms with Crippen LogP contribution < -0.4 is 0 Å². The van der Waals surface area contributed by atoms with Crippen LogP contribution in [-0.2, 0) is 4.43 Å². The van der Waals surface area contributed by atoms with Gasteiger partial charge >= 0.3 is 0 Å². The largest absolute Gasteiger partial charge is 0.410 e. The fraction of sp³-hybridized carbons (Fsp3) is 0.714. The third kappa shape index (κ3) is 3.67. The molecule has 1 atom stereocenters. The Morgan fingerprint density at radius 1 is 1.41 bits per heavy atom. The lowest BCUT2D eigenvalue weighted by Gasteiger charge is -2.41. The monoisotopic (exact) mass is 364 g/mol. The summed E-state index contributed by atoms with van der Waals surface area (Å²) < 4.78 is 8.65. The van der Waals surface area contributed by atoms with Gasteiger partial charge in [0.05, 0.1) is 6.10 Å². The lowest BCUT2D eigenvalue weighted by molar-refractivity contribution is 0.195. The molecule has 3 heteroatoms. The SMILES string of the molecule is C=C1/C(=C\I)CCC[C@@H]1O[Si](C)(C)C(C)(C)C. The molecule has 0 aromatic carbocycles. The van der Waals surface area contributed by atoms with Crippen LogP contribution in [0.25, 0.3) is 0 Å². The molecular formula is C14H25IOSi. The van der Waals surface area contributed by atoms with Gasteiger partial charge in [0, 0.05) is 0 Å². The van der Waals surface area contributed by atoms with Gasteiger partial charge in [-0.2, -0.15) is 0 Å². The highest BCUT2D eigenvalue weighted by Gasteiger charge is 2.40. The van der Waals surface area contributed by atoms with Crippen LogP contribution >= 0.6 is 22.6 Å². The van der Waals surface area contributed by atoms with E-state index in [0.29, 0.717) is 0 Å². The van der Waals surface area contributed by atoms with Gasteiger partial charge in [0.1, 0.15) is 0 Å². The predicted octanol–water partition coefficient (Wildman–Crippen LogP) is 5.44. The molecule has 1 rings (SSSR count). The lowest BCUT2D eigenvalue weighted by Crippen LogP contribution is -2.45. The zero-order valence-electron chi connectivity index (χ0n) is 11.8. The molecule has 1 aliphatic carbocycles. The zero-order chi connectivity index (χ0) is 13.3. The van der Waals surface area contributed by atoms with Gasteiger partial charge in [-0.15, -0.1) is 0 Å². The Bertz CT molecular complexity index is 326. The average molecular weight is 364 g/mol. The Labute approximate surface area is 121 Å². The Hall–Kier alpha value is 0.387. The standard InChI is InChI=1S/C14H25IOSi/c1-11-12(10-15)8-7-9-13(11)16-17(5,6)14(2,3)4/h10,13H,1,7-9H2,2-6H3/b12-10-/t13-/m0/s1. The molecule has 0 aliphatic heterocycles. The summed E-state index contributed by atoms with van der Waals surface area (Å²) in [5.41, 5.74) is 2.61. The molecule has 1 aliphatic rings. The first-order chi connectivity index (χ1) is 7.69. The van der Waals surface area contributed by atoms with E-state index in [2.05, 4.69) is 67.1 Å². The highest BCUT2D eigenvalue weighted by molar-refractivity contribution is 14.1. The summed E-state index contributed by atoms with van der Waals surface area (Å²) in [6, 6.07) is 0. The van der Waals surface area contributed by atoms with Crippen LogP contribution in [0.15, 0.2) is 21.8 Å². The van der Waals surface area contributed by atoms with Crippen molar-refractivity contribution in [3.05, 3.63) is 21.8 Å². The van der Waals surface area contributed by atoms with Crippen LogP contribution in [0.3, 0.4) is 0 Å². The second kappa shape index (κ2) is 5.57. The van der Waals surface area contributed by atoms with Gasteiger partial charge in [-0.3, -0.25) is 0 Å². The highest BCUT2D eigenvalue weighted by atomic mass is 127. The minimum Gasteiger partial charge on any atom is -0.410 e. The topological polar surface area (TPSA) is 9.23 Å². The van der Waals surface area contributed by atoms with Gasteiger partial charge in [0.15, 0.2) is 8.32 Å². The van der Waals surface area contributed by atoms with Gasteiger partial charge in [0.2, 0.25) is 0 Å². The molecular weight excluding hydrogens is 339 g/mol. The van der Waals surface area contributed by atoms with Crippen LogP contribution in [-0.4, -0.2) is 14.4 Å². The van der Waals surface area contributed by atoms with Crippen LogP contribution in [0.4, 0.5) is 0 Å². The maximum absolute atomic E-state index is 6.48.